The van der Waals surface area contributed by atoms with E-state index >= 15 is 0 Å². The van der Waals surface area contributed by atoms with Crippen LogP contribution in [0, 0.1) is 19.3 Å². The van der Waals surface area contributed by atoms with Crippen molar-refractivity contribution in [2.24, 2.45) is 5.41 Å². The summed E-state index contributed by atoms with van der Waals surface area (Å²) in [6.07, 6.45) is 0. The fourth-order valence-corrected chi connectivity index (χ4v) is 6.08. The molecule has 0 unspecified atom stereocenters. The fourth-order valence-electron chi connectivity index (χ4n) is 6.08. The molecule has 0 aromatic heterocycles. The molecule has 0 aliphatic heterocycles. The fraction of sp³-hybridized carbons (Fsp3) is 0.657. The summed E-state index contributed by atoms with van der Waals surface area (Å²) in [6, 6.07) is 8.41. The first-order valence-electron chi connectivity index (χ1n) is 15.5. The summed E-state index contributed by atoms with van der Waals surface area (Å²) in [5.41, 5.74) is 2.97. The molecule has 0 aliphatic rings. The van der Waals surface area contributed by atoms with Crippen LogP contribution in [0.15, 0.2) is 24.3 Å². The van der Waals surface area contributed by atoms with Gasteiger partial charge in [0, 0.05) is 0 Å². The number of rotatable bonds is 6. The van der Waals surface area contributed by atoms with Crippen LogP contribution < -0.4 is 0 Å². The van der Waals surface area contributed by atoms with Crippen molar-refractivity contribution < 1.29 is 49.8 Å². The Kier molecular flexibility index (Phi) is 16.3. The first kappa shape index (κ1) is 45.9. The molecule has 0 bridgehead atoms. The molecule has 0 fully saturated rings. The van der Waals surface area contributed by atoms with Crippen LogP contribution >= 0.6 is 17.2 Å². The second-order valence-corrected chi connectivity index (χ2v) is 17.5. The van der Waals surface area contributed by atoms with Gasteiger partial charge in [0.1, 0.15) is 5.60 Å². The Bertz CT molecular complexity index is 1190. The summed E-state index contributed by atoms with van der Waals surface area (Å²) in [5.74, 6) is 0. The highest BCUT2D eigenvalue weighted by Gasteiger charge is 2.55. The summed E-state index contributed by atoms with van der Waals surface area (Å²) < 4.78 is 0. The van der Waals surface area contributed by atoms with Gasteiger partial charge in [0.2, 0.25) is 0 Å². The van der Waals surface area contributed by atoms with Crippen molar-refractivity contribution in [2.45, 2.75) is 124 Å². The van der Waals surface area contributed by atoms with Gasteiger partial charge >= 0.3 is 17.2 Å². The first-order valence-corrected chi connectivity index (χ1v) is 17.9. The molecule has 2 rings (SSSR count). The Labute approximate surface area is 284 Å². The molecule has 0 saturated carbocycles. The Morgan fingerprint density at radius 2 is 0.638 bits per heavy atom. The van der Waals surface area contributed by atoms with Gasteiger partial charge < -0.3 is 49.8 Å². The number of hydrogen-bond donors (Lipinski definition) is 10. The summed E-state index contributed by atoms with van der Waals surface area (Å²) in [6.45, 7) is 28.1. The van der Waals surface area contributed by atoms with Crippen LogP contribution in [0.25, 0.3) is 0 Å². The van der Waals surface area contributed by atoms with Crippen molar-refractivity contribution in [1.29, 1.82) is 0 Å². The van der Waals surface area contributed by atoms with Crippen LogP contribution in [-0.4, -0.2) is 69.6 Å². The molecule has 0 saturated heterocycles. The number of benzene rings is 2. The van der Waals surface area contributed by atoms with Gasteiger partial charge in [-0.25, -0.2) is 0 Å². The third-order valence-corrected chi connectivity index (χ3v) is 8.42. The molecule has 0 amide bonds. The van der Waals surface area contributed by atoms with Crippen LogP contribution in [0.1, 0.15) is 128 Å². The highest BCUT2D eigenvalue weighted by Crippen LogP contribution is 2.52. The van der Waals surface area contributed by atoms with Gasteiger partial charge in [-0.2, -0.15) is 0 Å². The number of hydrogen-bond acceptors (Lipinski definition) is 10. The van der Waals surface area contributed by atoms with Gasteiger partial charge in [-0.05, 0) is 80.0 Å². The molecule has 10 N–H and O–H groups in total. The molecule has 2 aromatic carbocycles. The van der Waals surface area contributed by atoms with E-state index in [4.69, 9.17) is 29.4 Å². The van der Waals surface area contributed by atoms with E-state index in [0.717, 1.165) is 22.3 Å². The highest BCUT2D eigenvalue weighted by atomic mass is 31.2. The van der Waals surface area contributed by atoms with E-state index < -0.39 is 48.0 Å². The molecule has 2 aromatic rings. The van der Waals surface area contributed by atoms with E-state index in [1.807, 2.05) is 26.0 Å². The van der Waals surface area contributed by atoms with Gasteiger partial charge in [-0.3, -0.25) is 0 Å². The largest absolute Gasteiger partial charge is 0.395 e. The number of aliphatic hydroxyl groups excluding tert-OH is 3. The molecule has 47 heavy (non-hydrogen) atoms. The molecule has 0 atom stereocenters. The maximum Gasteiger partial charge on any atom is 0.324 e. The molecular formula is C35H62O10P2. The highest BCUT2D eigenvalue weighted by molar-refractivity contribution is 7.38. The van der Waals surface area contributed by atoms with E-state index in [0.29, 0.717) is 11.1 Å². The van der Waals surface area contributed by atoms with Crippen LogP contribution in [-0.2, 0) is 27.3 Å². The van der Waals surface area contributed by atoms with Gasteiger partial charge in [-0.15, -0.1) is 0 Å². The SMILES string of the molecule is Cc1cc(C(O)(c2cc(C)c(C(C)(C)C)cc2C(C)(C)C)C(CO)(CO)CO)c(C(C)(C)C)cc1C(C)(C)C.OP(O)O.OP(O)O. The average Bonchev–Trinajstić information content (AvgIpc) is 2.86. The van der Waals surface area contributed by atoms with E-state index in [1.54, 1.807) is 0 Å². The minimum Gasteiger partial charge on any atom is -0.395 e. The zero-order chi connectivity index (χ0) is 37.7. The molecule has 0 aliphatic carbocycles. The number of aliphatic hydroxyl groups is 4. The van der Waals surface area contributed by atoms with Crippen molar-refractivity contribution in [3.8, 4) is 0 Å². The van der Waals surface area contributed by atoms with Crippen molar-refractivity contribution >= 4 is 17.2 Å². The maximum absolute atomic E-state index is 13.3. The summed E-state index contributed by atoms with van der Waals surface area (Å²) in [4.78, 5) is 43.4. The lowest BCUT2D eigenvalue weighted by molar-refractivity contribution is -0.137. The molecule has 0 spiro atoms. The molecule has 0 heterocycles. The van der Waals surface area contributed by atoms with Gasteiger partial charge in [0.25, 0.3) is 0 Å². The van der Waals surface area contributed by atoms with Gasteiger partial charge in [0.15, 0.2) is 0 Å². The topological polar surface area (TPSA) is 202 Å². The van der Waals surface area contributed by atoms with E-state index in [2.05, 4.69) is 95.2 Å². The zero-order valence-electron chi connectivity index (χ0n) is 30.8. The average molecular weight is 705 g/mol. The van der Waals surface area contributed by atoms with E-state index in [9.17, 15) is 20.4 Å². The predicted octanol–water partition coefficient (Wildman–Crippen LogP) is 5.07. The lowest BCUT2D eigenvalue weighted by atomic mass is 9.59. The monoisotopic (exact) mass is 704 g/mol. The lowest BCUT2D eigenvalue weighted by Crippen LogP contribution is -2.55. The van der Waals surface area contributed by atoms with Crippen molar-refractivity contribution in [3.63, 3.8) is 0 Å². The molecule has 10 nitrogen and oxygen atoms in total. The van der Waals surface area contributed by atoms with E-state index in [1.165, 1.54) is 11.1 Å². The van der Waals surface area contributed by atoms with Crippen LogP contribution in [0.3, 0.4) is 0 Å². The Morgan fingerprint density at radius 3 is 0.809 bits per heavy atom. The van der Waals surface area contributed by atoms with Crippen molar-refractivity contribution in [1.82, 2.24) is 0 Å². The lowest BCUT2D eigenvalue weighted by Gasteiger charge is -2.49. The van der Waals surface area contributed by atoms with Crippen molar-refractivity contribution in [3.05, 3.63) is 68.8 Å². The Morgan fingerprint density at radius 1 is 0.426 bits per heavy atom. The first-order chi connectivity index (χ1) is 20.9. The molecule has 12 heteroatoms. The summed E-state index contributed by atoms with van der Waals surface area (Å²) in [5, 5.41) is 45.9. The third-order valence-electron chi connectivity index (χ3n) is 8.42. The van der Waals surface area contributed by atoms with E-state index in [-0.39, 0.29) is 21.7 Å². The Balaban J connectivity index is 0.00000236. The quantitative estimate of drug-likeness (QED) is 0.181. The predicted molar refractivity (Wildman–Crippen MR) is 191 cm³/mol. The second-order valence-electron chi connectivity index (χ2n) is 16.4. The third kappa shape index (κ3) is 11.5. The summed E-state index contributed by atoms with van der Waals surface area (Å²) in [7, 11) is -5.24. The van der Waals surface area contributed by atoms with Gasteiger partial charge in [-0.1, -0.05) is 107 Å². The number of aryl methyl sites for hydroxylation is 2. The standard InChI is InChI=1S/C35H56O4.2H3O3P/c1-22-15-28(26(32(9,10)11)17-24(22)30(3,4)5)35(39,34(19-36,20-37)21-38)29-16-23(2)25(31(6,7)8)18-27(29)33(12,13)14;2*1-4(2)3/h15-18,36-39H,19-21H2,1-14H3;2*1-3H. The smallest absolute Gasteiger partial charge is 0.324 e. The second kappa shape index (κ2) is 16.7. The maximum atomic E-state index is 13.3. The summed E-state index contributed by atoms with van der Waals surface area (Å²) >= 11 is 0. The van der Waals surface area contributed by atoms with Crippen LogP contribution in [0.2, 0.25) is 0 Å². The molecular weight excluding hydrogens is 642 g/mol. The molecule has 0 radical (unpaired) electrons. The van der Waals surface area contributed by atoms with Crippen LogP contribution in [0.5, 0.6) is 0 Å². The van der Waals surface area contributed by atoms with Crippen LogP contribution in [0.4, 0.5) is 0 Å². The van der Waals surface area contributed by atoms with Crippen molar-refractivity contribution in [2.75, 3.05) is 19.8 Å². The minimum absolute atomic E-state index is 0.121. The zero-order valence-corrected chi connectivity index (χ0v) is 32.6. The Hall–Kier alpha value is -1.10. The normalized spacial score (nSPS) is 13.3. The van der Waals surface area contributed by atoms with Gasteiger partial charge in [0.05, 0.1) is 25.2 Å². The molecule has 272 valence electrons. The minimum atomic E-state index is -2.62.